The predicted octanol–water partition coefficient (Wildman–Crippen LogP) is 2.42. The lowest BCUT2D eigenvalue weighted by Crippen LogP contribution is -2.46. The minimum atomic E-state index is -0.638. The number of aliphatic hydroxyl groups excluding tert-OH is 1. The van der Waals surface area contributed by atoms with E-state index in [-0.39, 0.29) is 12.1 Å². The van der Waals surface area contributed by atoms with Gasteiger partial charge in [-0.3, -0.25) is 0 Å². The first-order valence-corrected chi connectivity index (χ1v) is 8.58. The molecule has 5 heteroatoms. The summed E-state index contributed by atoms with van der Waals surface area (Å²) in [5, 5.41) is 13.8. The maximum atomic E-state index is 10.4. The fourth-order valence-corrected chi connectivity index (χ4v) is 2.90. The van der Waals surface area contributed by atoms with Crippen LogP contribution in [0.15, 0.2) is 48.5 Å². The van der Waals surface area contributed by atoms with Crippen LogP contribution in [0.4, 0.5) is 0 Å². The molecule has 2 aromatic carbocycles. The van der Waals surface area contributed by atoms with Crippen molar-refractivity contribution in [2.45, 2.75) is 31.6 Å². The molecule has 2 aromatic rings. The number of nitrogens with one attached hydrogen (secondary N) is 1. The van der Waals surface area contributed by atoms with Crippen LogP contribution in [0.2, 0.25) is 0 Å². The van der Waals surface area contributed by atoms with Crippen molar-refractivity contribution in [2.24, 2.45) is 0 Å². The molecule has 3 unspecified atom stereocenters. The molecule has 0 spiro atoms. The van der Waals surface area contributed by atoms with E-state index in [2.05, 4.69) is 18.3 Å². The summed E-state index contributed by atoms with van der Waals surface area (Å²) in [7, 11) is 1.67. The van der Waals surface area contributed by atoms with Crippen LogP contribution in [0.3, 0.4) is 0 Å². The van der Waals surface area contributed by atoms with Crippen molar-refractivity contribution in [3.63, 3.8) is 0 Å². The number of aliphatic hydroxyl groups is 1. The summed E-state index contributed by atoms with van der Waals surface area (Å²) < 4.78 is 16.8. The van der Waals surface area contributed by atoms with Crippen LogP contribution in [0.5, 0.6) is 17.2 Å². The standard InChI is InChI=1S/C20H25NO4/c1-14(10-15-6-5-7-16(11-15)23-2)21-12-17(22)20-13-24-18-8-3-4-9-19(18)25-20/h3-9,11,14,17,20-22H,10,12-13H2,1-2H3. The Morgan fingerprint density at radius 3 is 2.80 bits per heavy atom. The second-order valence-corrected chi connectivity index (χ2v) is 6.35. The summed E-state index contributed by atoms with van der Waals surface area (Å²) in [5.74, 6) is 2.27. The molecular formula is C20H25NO4. The highest BCUT2D eigenvalue weighted by atomic mass is 16.6. The smallest absolute Gasteiger partial charge is 0.161 e. The summed E-state index contributed by atoms with van der Waals surface area (Å²) >= 11 is 0. The third-order valence-electron chi connectivity index (χ3n) is 4.31. The van der Waals surface area contributed by atoms with Crippen molar-refractivity contribution >= 4 is 0 Å². The molecule has 0 aromatic heterocycles. The molecule has 25 heavy (non-hydrogen) atoms. The van der Waals surface area contributed by atoms with Crippen LogP contribution in [-0.4, -0.2) is 43.6 Å². The van der Waals surface area contributed by atoms with E-state index in [9.17, 15) is 5.11 Å². The highest BCUT2D eigenvalue weighted by molar-refractivity contribution is 5.40. The molecule has 2 N–H and O–H groups in total. The normalized spacial score (nSPS) is 18.4. The lowest BCUT2D eigenvalue weighted by atomic mass is 10.1. The van der Waals surface area contributed by atoms with Gasteiger partial charge < -0.3 is 24.6 Å². The Bertz CT molecular complexity index is 691. The number of ether oxygens (including phenoxy) is 3. The molecule has 0 saturated heterocycles. The van der Waals surface area contributed by atoms with Crippen LogP contribution in [0, 0.1) is 0 Å². The lowest BCUT2D eigenvalue weighted by molar-refractivity contribution is -0.00993. The monoisotopic (exact) mass is 343 g/mol. The van der Waals surface area contributed by atoms with Gasteiger partial charge in [-0.25, -0.2) is 0 Å². The molecule has 3 atom stereocenters. The van der Waals surface area contributed by atoms with E-state index >= 15 is 0 Å². The van der Waals surface area contributed by atoms with Gasteiger partial charge in [0.05, 0.1) is 7.11 Å². The molecule has 0 amide bonds. The van der Waals surface area contributed by atoms with Crippen LogP contribution in [-0.2, 0) is 6.42 Å². The Kier molecular flexibility index (Phi) is 5.79. The van der Waals surface area contributed by atoms with Gasteiger partial charge >= 0.3 is 0 Å². The molecule has 1 aliphatic heterocycles. The van der Waals surface area contributed by atoms with Crippen LogP contribution in [0.25, 0.3) is 0 Å². The zero-order chi connectivity index (χ0) is 17.6. The van der Waals surface area contributed by atoms with Gasteiger partial charge in [0.15, 0.2) is 17.6 Å². The Labute approximate surface area is 148 Å². The zero-order valence-electron chi connectivity index (χ0n) is 14.6. The van der Waals surface area contributed by atoms with Crippen molar-refractivity contribution in [2.75, 3.05) is 20.3 Å². The third kappa shape index (κ3) is 4.65. The van der Waals surface area contributed by atoms with Crippen LogP contribution < -0.4 is 19.5 Å². The highest BCUT2D eigenvalue weighted by Crippen LogP contribution is 2.31. The van der Waals surface area contributed by atoms with Crippen molar-refractivity contribution in [3.05, 3.63) is 54.1 Å². The fourth-order valence-electron chi connectivity index (χ4n) is 2.90. The number of fused-ring (bicyclic) bond motifs is 1. The first-order valence-electron chi connectivity index (χ1n) is 8.58. The molecule has 0 bridgehead atoms. The number of para-hydroxylation sites is 2. The average molecular weight is 343 g/mol. The summed E-state index contributed by atoms with van der Waals surface area (Å²) in [6.07, 6.45) is -0.151. The third-order valence-corrected chi connectivity index (χ3v) is 4.31. The second kappa shape index (κ2) is 8.23. The van der Waals surface area contributed by atoms with E-state index in [0.29, 0.717) is 18.9 Å². The SMILES string of the molecule is COc1cccc(CC(C)NCC(O)C2COc3ccccc3O2)c1. The average Bonchev–Trinajstić information content (AvgIpc) is 2.65. The number of hydrogen-bond donors (Lipinski definition) is 2. The van der Waals surface area contributed by atoms with Crippen molar-refractivity contribution < 1.29 is 19.3 Å². The number of methoxy groups -OCH3 is 1. The van der Waals surface area contributed by atoms with Gasteiger partial charge in [0.25, 0.3) is 0 Å². The molecule has 1 heterocycles. The van der Waals surface area contributed by atoms with E-state index in [1.807, 2.05) is 42.5 Å². The first kappa shape index (κ1) is 17.6. The van der Waals surface area contributed by atoms with Gasteiger partial charge in [-0.1, -0.05) is 24.3 Å². The van der Waals surface area contributed by atoms with E-state index in [0.717, 1.165) is 17.9 Å². The van der Waals surface area contributed by atoms with Crippen molar-refractivity contribution in [1.29, 1.82) is 0 Å². The van der Waals surface area contributed by atoms with Gasteiger partial charge in [-0.05, 0) is 43.2 Å². The Hall–Kier alpha value is -2.24. The highest BCUT2D eigenvalue weighted by Gasteiger charge is 2.27. The summed E-state index contributed by atoms with van der Waals surface area (Å²) in [6.45, 7) is 2.89. The minimum absolute atomic E-state index is 0.221. The minimum Gasteiger partial charge on any atom is -0.497 e. The molecule has 1 aliphatic rings. The van der Waals surface area contributed by atoms with Crippen LogP contribution >= 0.6 is 0 Å². The molecule has 0 radical (unpaired) electrons. The molecule has 0 fully saturated rings. The largest absolute Gasteiger partial charge is 0.497 e. The van der Waals surface area contributed by atoms with E-state index < -0.39 is 6.10 Å². The van der Waals surface area contributed by atoms with E-state index in [4.69, 9.17) is 14.2 Å². The molecule has 0 aliphatic carbocycles. The second-order valence-electron chi connectivity index (χ2n) is 6.35. The number of rotatable bonds is 7. The van der Waals surface area contributed by atoms with E-state index in [1.165, 1.54) is 5.56 Å². The molecular weight excluding hydrogens is 318 g/mol. The molecule has 134 valence electrons. The number of hydrogen-bond acceptors (Lipinski definition) is 5. The molecule has 0 saturated carbocycles. The predicted molar refractivity (Wildman–Crippen MR) is 96.5 cm³/mol. The molecule has 3 rings (SSSR count). The van der Waals surface area contributed by atoms with Gasteiger partial charge in [0.2, 0.25) is 0 Å². The lowest BCUT2D eigenvalue weighted by Gasteiger charge is -2.30. The topological polar surface area (TPSA) is 60.0 Å². The maximum absolute atomic E-state index is 10.4. The van der Waals surface area contributed by atoms with Crippen LogP contribution in [0.1, 0.15) is 12.5 Å². The van der Waals surface area contributed by atoms with Crippen molar-refractivity contribution in [3.8, 4) is 17.2 Å². The summed E-state index contributed by atoms with van der Waals surface area (Å²) in [4.78, 5) is 0. The van der Waals surface area contributed by atoms with Crippen molar-refractivity contribution in [1.82, 2.24) is 5.32 Å². The quantitative estimate of drug-likeness (QED) is 0.808. The van der Waals surface area contributed by atoms with E-state index in [1.54, 1.807) is 7.11 Å². The number of benzene rings is 2. The van der Waals surface area contributed by atoms with Gasteiger partial charge in [-0.2, -0.15) is 0 Å². The van der Waals surface area contributed by atoms with Gasteiger partial charge in [-0.15, -0.1) is 0 Å². The summed E-state index contributed by atoms with van der Waals surface area (Å²) in [5.41, 5.74) is 1.19. The zero-order valence-corrected chi connectivity index (χ0v) is 14.6. The first-order chi connectivity index (χ1) is 12.2. The summed E-state index contributed by atoms with van der Waals surface area (Å²) in [6, 6.07) is 15.8. The maximum Gasteiger partial charge on any atom is 0.161 e. The van der Waals surface area contributed by atoms with Gasteiger partial charge in [0, 0.05) is 12.6 Å². The van der Waals surface area contributed by atoms with Gasteiger partial charge in [0.1, 0.15) is 18.5 Å². The fraction of sp³-hybridized carbons (Fsp3) is 0.400. The Morgan fingerprint density at radius 2 is 2.00 bits per heavy atom. The Morgan fingerprint density at radius 1 is 1.20 bits per heavy atom. The molecule has 5 nitrogen and oxygen atoms in total. The Balaban J connectivity index is 1.48.